The van der Waals surface area contributed by atoms with Gasteiger partial charge in [-0.3, -0.25) is 4.79 Å². The second kappa shape index (κ2) is 8.31. The molecule has 0 saturated carbocycles. The summed E-state index contributed by atoms with van der Waals surface area (Å²) in [4.78, 5) is 16.5. The third kappa shape index (κ3) is 5.12. The first-order valence-corrected chi connectivity index (χ1v) is 8.88. The highest BCUT2D eigenvalue weighted by atomic mass is 32.2. The van der Waals surface area contributed by atoms with Crippen molar-refractivity contribution in [3.63, 3.8) is 0 Å². The van der Waals surface area contributed by atoms with Gasteiger partial charge in [0, 0.05) is 35.5 Å². The largest absolute Gasteiger partial charge is 0.383 e. The highest BCUT2D eigenvalue weighted by Gasteiger charge is 2.09. The lowest BCUT2D eigenvalue weighted by Gasteiger charge is -2.12. The molecule has 1 aromatic heterocycles. The molecule has 0 aliphatic rings. The molecule has 0 spiro atoms. The molecule has 0 aliphatic carbocycles. The van der Waals surface area contributed by atoms with Gasteiger partial charge in [-0.05, 0) is 31.5 Å². The number of aromatic nitrogens is 1. The SMILES string of the molecule is COCC(C)NC(=O)c1ccc(CSc2nc(C)cs2)cc1. The van der Waals surface area contributed by atoms with Gasteiger partial charge in [0.05, 0.1) is 6.61 Å². The molecular formula is C16H20N2O2S2. The Morgan fingerprint density at radius 3 is 2.73 bits per heavy atom. The summed E-state index contributed by atoms with van der Waals surface area (Å²) in [6, 6.07) is 7.70. The van der Waals surface area contributed by atoms with Gasteiger partial charge in [-0.25, -0.2) is 4.98 Å². The Morgan fingerprint density at radius 1 is 1.41 bits per heavy atom. The predicted molar refractivity (Wildman–Crippen MR) is 91.7 cm³/mol. The Bertz CT molecular complexity index is 611. The second-order valence-corrected chi connectivity index (χ2v) is 7.15. The number of nitrogens with zero attached hydrogens (tertiary/aromatic N) is 1. The van der Waals surface area contributed by atoms with Crippen LogP contribution in [0, 0.1) is 6.92 Å². The number of carbonyl (C=O) groups excluding carboxylic acids is 1. The van der Waals surface area contributed by atoms with Crippen molar-refractivity contribution in [2.24, 2.45) is 0 Å². The molecule has 6 heteroatoms. The third-order valence-electron chi connectivity index (χ3n) is 2.97. The lowest BCUT2D eigenvalue weighted by Crippen LogP contribution is -2.35. The van der Waals surface area contributed by atoms with E-state index in [0.717, 1.165) is 15.8 Å². The van der Waals surface area contributed by atoms with Crippen molar-refractivity contribution in [3.05, 3.63) is 46.5 Å². The number of methoxy groups -OCH3 is 1. The normalized spacial score (nSPS) is 12.1. The molecule has 22 heavy (non-hydrogen) atoms. The minimum absolute atomic E-state index is 0.000810. The molecule has 0 bridgehead atoms. The van der Waals surface area contributed by atoms with Crippen LogP contribution in [0.1, 0.15) is 28.5 Å². The predicted octanol–water partition coefficient (Wildman–Crippen LogP) is 3.51. The summed E-state index contributed by atoms with van der Waals surface area (Å²) in [5.41, 5.74) is 2.91. The Hall–Kier alpha value is -1.37. The number of hydrogen-bond donors (Lipinski definition) is 1. The quantitative estimate of drug-likeness (QED) is 0.786. The maximum atomic E-state index is 12.0. The zero-order valence-electron chi connectivity index (χ0n) is 13.0. The van der Waals surface area contributed by atoms with Crippen molar-refractivity contribution in [2.75, 3.05) is 13.7 Å². The average molecular weight is 336 g/mol. The molecule has 0 fully saturated rings. The van der Waals surface area contributed by atoms with E-state index in [4.69, 9.17) is 4.74 Å². The van der Waals surface area contributed by atoms with E-state index in [-0.39, 0.29) is 11.9 Å². The van der Waals surface area contributed by atoms with Crippen LogP contribution in [0.5, 0.6) is 0 Å². The minimum atomic E-state index is -0.0701. The number of amides is 1. The first-order chi connectivity index (χ1) is 10.6. The second-order valence-electron chi connectivity index (χ2n) is 5.07. The summed E-state index contributed by atoms with van der Waals surface area (Å²) >= 11 is 3.38. The number of thioether (sulfide) groups is 1. The lowest BCUT2D eigenvalue weighted by molar-refractivity contribution is 0.0905. The van der Waals surface area contributed by atoms with Crippen molar-refractivity contribution < 1.29 is 9.53 Å². The van der Waals surface area contributed by atoms with E-state index in [1.54, 1.807) is 30.2 Å². The first-order valence-electron chi connectivity index (χ1n) is 7.02. The lowest BCUT2D eigenvalue weighted by atomic mass is 10.1. The molecule has 1 N–H and O–H groups in total. The Labute approximate surface area is 139 Å². The highest BCUT2D eigenvalue weighted by molar-refractivity contribution is 8.00. The van der Waals surface area contributed by atoms with E-state index in [0.29, 0.717) is 12.2 Å². The van der Waals surface area contributed by atoms with E-state index >= 15 is 0 Å². The summed E-state index contributed by atoms with van der Waals surface area (Å²) in [5, 5.41) is 4.95. The van der Waals surface area contributed by atoms with Crippen molar-refractivity contribution in [1.82, 2.24) is 10.3 Å². The number of thiazole rings is 1. The molecule has 0 saturated heterocycles. The van der Waals surface area contributed by atoms with Gasteiger partial charge in [0.1, 0.15) is 4.34 Å². The number of aryl methyl sites for hydroxylation is 1. The number of benzene rings is 1. The fourth-order valence-electron chi connectivity index (χ4n) is 1.89. The van der Waals surface area contributed by atoms with Gasteiger partial charge in [0.15, 0.2) is 0 Å². The number of ether oxygens (including phenoxy) is 1. The van der Waals surface area contributed by atoms with Gasteiger partial charge >= 0.3 is 0 Å². The number of nitrogens with one attached hydrogen (secondary N) is 1. The molecule has 1 atom stereocenters. The van der Waals surface area contributed by atoms with Crippen LogP contribution in [0.3, 0.4) is 0 Å². The molecule has 118 valence electrons. The van der Waals surface area contributed by atoms with Crippen molar-refractivity contribution in [2.45, 2.75) is 30.0 Å². The fraction of sp³-hybridized carbons (Fsp3) is 0.375. The van der Waals surface area contributed by atoms with Crippen LogP contribution in [-0.2, 0) is 10.5 Å². The molecular weight excluding hydrogens is 316 g/mol. The summed E-state index contributed by atoms with van der Waals surface area (Å²) in [6.45, 7) is 4.43. The summed E-state index contributed by atoms with van der Waals surface area (Å²) in [7, 11) is 1.62. The van der Waals surface area contributed by atoms with Crippen molar-refractivity contribution in [3.8, 4) is 0 Å². The summed E-state index contributed by atoms with van der Waals surface area (Å²) in [6.07, 6.45) is 0. The topological polar surface area (TPSA) is 51.2 Å². The van der Waals surface area contributed by atoms with Gasteiger partial charge in [-0.15, -0.1) is 11.3 Å². The van der Waals surface area contributed by atoms with Gasteiger partial charge in [-0.1, -0.05) is 23.9 Å². The Balaban J connectivity index is 1.88. The molecule has 1 amide bonds. The molecule has 0 radical (unpaired) electrons. The number of rotatable bonds is 7. The molecule has 1 aromatic carbocycles. The standard InChI is InChI=1S/C16H20N2O2S2/c1-11(8-20-3)17-15(19)14-6-4-13(5-7-14)10-22-16-18-12(2)9-21-16/h4-7,9,11H,8,10H2,1-3H3,(H,17,19). The van der Waals surface area contributed by atoms with E-state index in [2.05, 4.69) is 15.7 Å². The van der Waals surface area contributed by atoms with Gasteiger partial charge in [0.2, 0.25) is 0 Å². The van der Waals surface area contributed by atoms with Crippen LogP contribution >= 0.6 is 23.1 Å². The third-order valence-corrected chi connectivity index (χ3v) is 5.18. The number of carbonyl (C=O) groups is 1. The minimum Gasteiger partial charge on any atom is -0.383 e. The zero-order chi connectivity index (χ0) is 15.9. The van der Waals surface area contributed by atoms with E-state index in [9.17, 15) is 4.79 Å². The maximum Gasteiger partial charge on any atom is 0.251 e. The van der Waals surface area contributed by atoms with Crippen molar-refractivity contribution in [1.29, 1.82) is 0 Å². The molecule has 1 unspecified atom stereocenters. The van der Waals surface area contributed by atoms with Gasteiger partial charge in [0.25, 0.3) is 5.91 Å². The number of hydrogen-bond acceptors (Lipinski definition) is 5. The van der Waals surface area contributed by atoms with Gasteiger partial charge in [-0.2, -0.15) is 0 Å². The molecule has 2 aromatic rings. The molecule has 4 nitrogen and oxygen atoms in total. The monoisotopic (exact) mass is 336 g/mol. The molecule has 1 heterocycles. The van der Waals surface area contributed by atoms with Crippen molar-refractivity contribution >= 4 is 29.0 Å². The maximum absolute atomic E-state index is 12.0. The highest BCUT2D eigenvalue weighted by Crippen LogP contribution is 2.26. The van der Waals surface area contributed by atoms with Gasteiger partial charge < -0.3 is 10.1 Å². The van der Waals surface area contributed by atoms with Crippen LogP contribution < -0.4 is 5.32 Å². The zero-order valence-corrected chi connectivity index (χ0v) is 14.6. The van der Waals surface area contributed by atoms with Crippen LogP contribution in [0.25, 0.3) is 0 Å². The van der Waals surface area contributed by atoms with Crippen LogP contribution in [0.4, 0.5) is 0 Å². The van der Waals surface area contributed by atoms with E-state index in [1.807, 2.05) is 38.1 Å². The van der Waals surface area contributed by atoms with E-state index in [1.165, 1.54) is 5.56 Å². The first kappa shape index (κ1) is 17.0. The summed E-state index contributed by atoms with van der Waals surface area (Å²) in [5.74, 6) is 0.786. The average Bonchev–Trinajstić information content (AvgIpc) is 2.91. The Kier molecular flexibility index (Phi) is 6.42. The molecule has 2 rings (SSSR count). The van der Waals surface area contributed by atoms with Crippen LogP contribution in [0.15, 0.2) is 34.0 Å². The van der Waals surface area contributed by atoms with Crippen LogP contribution in [0.2, 0.25) is 0 Å². The Morgan fingerprint density at radius 2 is 2.14 bits per heavy atom. The molecule has 0 aliphatic heterocycles. The fourth-order valence-corrected chi connectivity index (χ4v) is 3.70. The summed E-state index contributed by atoms with van der Waals surface area (Å²) < 4.78 is 6.09. The van der Waals surface area contributed by atoms with E-state index < -0.39 is 0 Å². The van der Waals surface area contributed by atoms with Crippen LogP contribution in [-0.4, -0.2) is 30.6 Å². The smallest absolute Gasteiger partial charge is 0.251 e.